The molecule has 0 bridgehead atoms. The number of halogens is 3. The molecule has 0 fully saturated rings. The zero-order valence-corrected chi connectivity index (χ0v) is 17.7. The number of anilines is 3. The summed E-state index contributed by atoms with van der Waals surface area (Å²) in [7, 11) is 2.60. The Bertz CT molecular complexity index is 1080. The first-order valence-electron chi connectivity index (χ1n) is 9.16. The molecular weight excluding hydrogens is 435 g/mol. The number of benzene rings is 1. The fourth-order valence-corrected chi connectivity index (χ4v) is 3.24. The second kappa shape index (κ2) is 8.84. The lowest BCUT2D eigenvalue weighted by Crippen LogP contribution is -2.25. The van der Waals surface area contributed by atoms with Crippen LogP contribution in [0.15, 0.2) is 28.9 Å². The molecule has 0 saturated heterocycles. The zero-order valence-electron chi connectivity index (χ0n) is 16.9. The third-order valence-electron chi connectivity index (χ3n) is 4.39. The van der Waals surface area contributed by atoms with Crippen LogP contribution in [0.5, 0.6) is 5.75 Å². The van der Waals surface area contributed by atoms with Crippen LogP contribution >= 0.6 is 11.7 Å². The highest BCUT2D eigenvalue weighted by atomic mass is 32.1. The van der Waals surface area contributed by atoms with Crippen molar-refractivity contribution in [2.45, 2.75) is 26.1 Å². The van der Waals surface area contributed by atoms with Crippen molar-refractivity contribution in [3.63, 3.8) is 0 Å². The minimum atomic E-state index is -4.81. The second-order valence-electron chi connectivity index (χ2n) is 6.80. The Kier molecular flexibility index (Phi) is 6.39. The molecule has 1 aromatic carbocycles. The summed E-state index contributed by atoms with van der Waals surface area (Å²) in [6.45, 7) is 2.31. The van der Waals surface area contributed by atoms with Gasteiger partial charge in [-0.2, -0.15) is 21.9 Å². The minimum Gasteiger partial charge on any atom is -0.505 e. The minimum absolute atomic E-state index is 0.111. The van der Waals surface area contributed by atoms with Crippen LogP contribution in [-0.2, 0) is 19.1 Å². The van der Waals surface area contributed by atoms with Crippen LogP contribution in [0.25, 0.3) is 0 Å². The Labute approximate surface area is 180 Å². The third kappa shape index (κ3) is 4.90. The maximum atomic E-state index is 13.4. The van der Waals surface area contributed by atoms with E-state index in [4.69, 9.17) is 4.42 Å². The summed E-state index contributed by atoms with van der Waals surface area (Å²) < 4.78 is 53.7. The van der Waals surface area contributed by atoms with Crippen molar-refractivity contribution in [3.8, 4) is 5.75 Å². The second-order valence-corrected chi connectivity index (χ2v) is 7.32. The van der Waals surface area contributed by atoms with Crippen LogP contribution in [0.3, 0.4) is 0 Å². The fraction of sp³-hybridized carbons (Fsp3) is 0.316. The largest absolute Gasteiger partial charge is 0.505 e. The van der Waals surface area contributed by atoms with Crippen molar-refractivity contribution in [2.75, 3.05) is 24.7 Å². The lowest BCUT2D eigenvalue weighted by Gasteiger charge is -2.19. The van der Waals surface area contributed by atoms with Gasteiger partial charge in [0.25, 0.3) is 5.91 Å². The van der Waals surface area contributed by atoms with Crippen LogP contribution in [0.1, 0.15) is 34.2 Å². The van der Waals surface area contributed by atoms with E-state index in [2.05, 4.69) is 19.4 Å². The van der Waals surface area contributed by atoms with Crippen molar-refractivity contribution < 1.29 is 27.5 Å². The predicted octanol–water partition coefficient (Wildman–Crippen LogP) is 4.48. The number of aromatic hydroxyl groups is 1. The molecular formula is C19H20F3N5O3S. The summed E-state index contributed by atoms with van der Waals surface area (Å²) in [5.41, 5.74) is -1.14. The molecule has 3 aromatic rings. The normalized spacial score (nSPS) is 11.4. The van der Waals surface area contributed by atoms with Crippen molar-refractivity contribution >= 4 is 35.0 Å². The Morgan fingerprint density at radius 2 is 1.97 bits per heavy atom. The highest BCUT2D eigenvalue weighted by molar-refractivity contribution is 6.99. The molecule has 0 spiro atoms. The monoisotopic (exact) mass is 455 g/mol. The number of amides is 1. The number of aryl methyl sites for hydroxylation is 1. The van der Waals surface area contributed by atoms with E-state index >= 15 is 0 Å². The number of phenolic OH excluding ortho intramolecular Hbond substituents is 1. The number of carbonyl (C=O) groups excluding carboxylic acids is 1. The number of hydrogen-bond donors (Lipinski definition) is 3. The lowest BCUT2D eigenvalue weighted by atomic mass is 10.0. The molecule has 8 nitrogen and oxygen atoms in total. The van der Waals surface area contributed by atoms with E-state index in [1.165, 1.54) is 14.1 Å². The molecule has 1 amide bonds. The number of carbonyl (C=O) groups is 1. The first kappa shape index (κ1) is 22.4. The summed E-state index contributed by atoms with van der Waals surface area (Å²) in [5, 5.41) is 16.3. The van der Waals surface area contributed by atoms with Crippen LogP contribution in [-0.4, -0.2) is 38.8 Å². The number of furan rings is 1. The van der Waals surface area contributed by atoms with E-state index in [-0.39, 0.29) is 11.5 Å². The van der Waals surface area contributed by atoms with Gasteiger partial charge in [-0.1, -0.05) is 6.92 Å². The fourth-order valence-electron chi connectivity index (χ4n) is 2.76. The number of nitrogens with one attached hydrogen (secondary N) is 2. The van der Waals surface area contributed by atoms with Crippen LogP contribution in [0, 0.1) is 0 Å². The lowest BCUT2D eigenvalue weighted by molar-refractivity contribution is -0.138. The maximum Gasteiger partial charge on any atom is 0.417 e. The summed E-state index contributed by atoms with van der Waals surface area (Å²) in [5.74, 6) is -0.629. The van der Waals surface area contributed by atoms with Crippen LogP contribution < -0.4 is 10.6 Å². The van der Waals surface area contributed by atoms with Crippen molar-refractivity contribution in [1.29, 1.82) is 0 Å². The summed E-state index contributed by atoms with van der Waals surface area (Å²) >= 11 is 0.867. The molecule has 31 heavy (non-hydrogen) atoms. The van der Waals surface area contributed by atoms with Gasteiger partial charge in [0, 0.05) is 14.1 Å². The Balaban J connectivity index is 1.87. The number of phenols is 1. The quantitative estimate of drug-likeness (QED) is 0.452. The molecule has 2 aromatic heterocycles. The highest BCUT2D eigenvalue weighted by Gasteiger charge is 2.38. The average molecular weight is 455 g/mol. The molecule has 12 heteroatoms. The van der Waals surface area contributed by atoms with Gasteiger partial charge in [-0.25, -0.2) is 0 Å². The van der Waals surface area contributed by atoms with Gasteiger partial charge in [-0.05, 0) is 30.2 Å². The van der Waals surface area contributed by atoms with Gasteiger partial charge in [-0.3, -0.25) is 4.79 Å². The predicted molar refractivity (Wildman–Crippen MR) is 110 cm³/mol. The molecule has 3 N–H and O–H groups in total. The smallest absolute Gasteiger partial charge is 0.417 e. The van der Waals surface area contributed by atoms with Crippen LogP contribution in [0.4, 0.5) is 30.5 Å². The Hall–Kier alpha value is -3.28. The average Bonchev–Trinajstić information content (AvgIpc) is 3.35. The Morgan fingerprint density at radius 3 is 2.58 bits per heavy atom. The third-order valence-corrected chi connectivity index (χ3v) is 4.92. The summed E-state index contributed by atoms with van der Waals surface area (Å²) in [6.07, 6.45) is -2.33. The molecule has 0 radical (unpaired) electrons. The van der Waals surface area contributed by atoms with Crippen LogP contribution in [0.2, 0.25) is 0 Å². The van der Waals surface area contributed by atoms with Gasteiger partial charge in [0.05, 0.1) is 41.4 Å². The molecule has 0 atom stereocenters. The van der Waals surface area contributed by atoms with E-state index in [0.717, 1.165) is 40.7 Å². The molecule has 0 saturated carbocycles. The number of nitrogens with zero attached hydrogens (tertiary/aromatic N) is 3. The zero-order chi connectivity index (χ0) is 22.8. The van der Waals surface area contributed by atoms with Gasteiger partial charge in [0.2, 0.25) is 0 Å². The van der Waals surface area contributed by atoms with Gasteiger partial charge in [0.1, 0.15) is 5.76 Å². The van der Waals surface area contributed by atoms with Gasteiger partial charge < -0.3 is 25.1 Å². The molecule has 0 aliphatic carbocycles. The molecule has 3 rings (SSSR count). The van der Waals surface area contributed by atoms with Crippen molar-refractivity contribution in [3.05, 3.63) is 46.9 Å². The first-order chi connectivity index (χ1) is 14.6. The van der Waals surface area contributed by atoms with Gasteiger partial charge in [-0.15, -0.1) is 0 Å². The van der Waals surface area contributed by atoms with E-state index in [1.54, 1.807) is 6.26 Å². The van der Waals surface area contributed by atoms with Gasteiger partial charge >= 0.3 is 6.18 Å². The van der Waals surface area contributed by atoms with E-state index < -0.39 is 29.0 Å². The highest BCUT2D eigenvalue weighted by Crippen LogP contribution is 2.41. The van der Waals surface area contributed by atoms with Gasteiger partial charge in [0.15, 0.2) is 17.4 Å². The summed E-state index contributed by atoms with van der Waals surface area (Å²) in [4.78, 5) is 13.3. The van der Waals surface area contributed by atoms with E-state index in [9.17, 15) is 23.1 Å². The number of rotatable bonds is 7. The Morgan fingerprint density at radius 1 is 1.26 bits per heavy atom. The SMILES string of the molecule is CCc1coc(CNc2nsnc2Nc2ccc(C(F)(F)F)c(C(=O)N(C)C)c2O)c1. The molecule has 0 aliphatic heterocycles. The van der Waals surface area contributed by atoms with Crippen molar-refractivity contribution in [1.82, 2.24) is 13.6 Å². The molecule has 2 heterocycles. The van der Waals surface area contributed by atoms with E-state index in [1.807, 2.05) is 13.0 Å². The maximum absolute atomic E-state index is 13.4. The molecule has 166 valence electrons. The number of alkyl halides is 3. The standard InChI is InChI=1S/C19H20F3N5O3S/c1-4-10-7-11(30-9-10)8-23-16-17(26-31-25-16)24-13-6-5-12(19(20,21)22)14(15(13)28)18(29)27(2)3/h5-7,9,28H,4,8H2,1-3H3,(H,23,25)(H,24,26). The first-order valence-corrected chi connectivity index (χ1v) is 9.89. The van der Waals surface area contributed by atoms with Crippen molar-refractivity contribution in [2.24, 2.45) is 0 Å². The molecule has 0 aliphatic rings. The van der Waals surface area contributed by atoms with E-state index in [0.29, 0.717) is 18.1 Å². The summed E-state index contributed by atoms with van der Waals surface area (Å²) in [6, 6.07) is 3.66. The number of aromatic nitrogens is 2. The molecule has 0 unspecified atom stereocenters. The topological polar surface area (TPSA) is 104 Å². The number of hydrogen-bond acceptors (Lipinski definition) is 8.